The number of nitrogens with zero attached hydrogens (tertiary/aromatic N) is 3. The van der Waals surface area contributed by atoms with Crippen LogP contribution in [0.4, 0.5) is 0 Å². The van der Waals surface area contributed by atoms with Gasteiger partial charge in [0.2, 0.25) is 0 Å². The zero-order chi connectivity index (χ0) is 28.7. The Hall–Kier alpha value is 0.0569. The molecule has 0 unspecified atom stereocenters. The molecular weight excluding hydrogens is 482 g/mol. The van der Waals surface area contributed by atoms with Gasteiger partial charge in [-0.1, -0.05) is 41.5 Å². The molecule has 0 rings (SSSR count). The van der Waals surface area contributed by atoms with Gasteiger partial charge in [0.15, 0.2) is 8.32 Å². The highest BCUT2D eigenvalue weighted by Gasteiger charge is 2.33. The molecule has 0 aliphatic rings. The predicted octanol–water partition coefficient (Wildman–Crippen LogP) is 8.92. The third-order valence-corrected chi connectivity index (χ3v) is 11.2. The molecule has 0 saturated carbocycles. The fourth-order valence-electron chi connectivity index (χ4n) is 6.35. The summed E-state index contributed by atoms with van der Waals surface area (Å²) in [4.78, 5) is 8.19. The van der Waals surface area contributed by atoms with Crippen LogP contribution in [0.3, 0.4) is 0 Å². The van der Waals surface area contributed by atoms with E-state index in [2.05, 4.69) is 69.3 Å². The van der Waals surface area contributed by atoms with Crippen LogP contribution in [0.25, 0.3) is 0 Å². The second-order valence-electron chi connectivity index (χ2n) is 12.8. The van der Waals surface area contributed by atoms with Crippen LogP contribution >= 0.6 is 0 Å². The second-order valence-corrected chi connectivity index (χ2v) is 17.2. The van der Waals surface area contributed by atoms with Gasteiger partial charge in [0.25, 0.3) is 0 Å². The monoisotopic (exact) mass is 556 g/mol. The molecule has 0 aromatic carbocycles. The van der Waals surface area contributed by atoms with Crippen molar-refractivity contribution in [2.24, 2.45) is 5.41 Å². The highest BCUT2D eigenvalue weighted by molar-refractivity contribution is 6.71. The summed E-state index contributed by atoms with van der Waals surface area (Å²) in [6, 6.07) is 1.30. The zero-order valence-electron chi connectivity index (χ0n) is 28.0. The van der Waals surface area contributed by atoms with Gasteiger partial charge in [0.05, 0.1) is 0 Å². The maximum absolute atomic E-state index is 6.07. The summed E-state index contributed by atoms with van der Waals surface area (Å²) < 4.78 is 6.07. The normalized spacial score (nSPS) is 12.9. The van der Waals surface area contributed by atoms with Crippen molar-refractivity contribution in [3.05, 3.63) is 0 Å². The lowest BCUT2D eigenvalue weighted by Gasteiger charge is -2.38. The summed E-state index contributed by atoms with van der Waals surface area (Å²) in [5.74, 6) is 0. The first-order valence-electron chi connectivity index (χ1n) is 17.0. The van der Waals surface area contributed by atoms with E-state index in [-0.39, 0.29) is 0 Å². The summed E-state index contributed by atoms with van der Waals surface area (Å²) in [5, 5.41) is 0. The van der Waals surface area contributed by atoms with E-state index in [1.807, 2.05) is 7.11 Å². The van der Waals surface area contributed by atoms with Crippen molar-refractivity contribution >= 4 is 8.32 Å². The molecule has 0 aliphatic heterocycles. The lowest BCUT2D eigenvalue weighted by atomic mass is 9.73. The fraction of sp³-hybridized carbons (Fsp3) is 1.00. The first-order chi connectivity index (χ1) is 18.2. The van der Waals surface area contributed by atoms with Gasteiger partial charge < -0.3 is 19.1 Å². The third-order valence-electron chi connectivity index (χ3n) is 8.59. The molecule has 0 amide bonds. The van der Waals surface area contributed by atoms with Crippen molar-refractivity contribution < 1.29 is 4.43 Å². The van der Waals surface area contributed by atoms with Gasteiger partial charge in [-0.2, -0.15) is 0 Å². The maximum Gasteiger partial charge on any atom is 0.186 e. The van der Waals surface area contributed by atoms with Crippen molar-refractivity contribution in [2.45, 2.75) is 144 Å². The van der Waals surface area contributed by atoms with Gasteiger partial charge in [0, 0.05) is 7.11 Å². The molecule has 0 radical (unpaired) electrons. The molecule has 38 heavy (non-hydrogen) atoms. The van der Waals surface area contributed by atoms with E-state index in [1.54, 1.807) is 0 Å². The lowest BCUT2D eigenvalue weighted by molar-refractivity contribution is 0.150. The van der Waals surface area contributed by atoms with E-state index < -0.39 is 8.32 Å². The van der Waals surface area contributed by atoms with E-state index in [1.165, 1.54) is 148 Å². The van der Waals surface area contributed by atoms with Crippen LogP contribution in [-0.4, -0.2) is 89.0 Å². The van der Waals surface area contributed by atoms with Crippen LogP contribution in [-0.2, 0) is 4.43 Å². The van der Waals surface area contributed by atoms with E-state index in [4.69, 9.17) is 4.43 Å². The van der Waals surface area contributed by atoms with Crippen molar-refractivity contribution in [1.29, 1.82) is 0 Å². The number of hydrogen-bond donors (Lipinski definition) is 0. The highest BCUT2D eigenvalue weighted by Crippen LogP contribution is 2.42. The largest absolute Gasteiger partial charge is 0.420 e. The van der Waals surface area contributed by atoms with Crippen LogP contribution in [0.5, 0.6) is 0 Å². The molecule has 0 aromatic rings. The predicted molar refractivity (Wildman–Crippen MR) is 175 cm³/mol. The molecule has 0 spiro atoms. The lowest BCUT2D eigenvalue weighted by Crippen LogP contribution is -2.35. The van der Waals surface area contributed by atoms with Crippen LogP contribution in [0.15, 0.2) is 0 Å². The van der Waals surface area contributed by atoms with Crippen LogP contribution < -0.4 is 0 Å². The maximum atomic E-state index is 6.07. The Morgan fingerprint density at radius 3 is 1.00 bits per heavy atom. The molecule has 0 aromatic heterocycles. The highest BCUT2D eigenvalue weighted by atomic mass is 28.4. The topological polar surface area (TPSA) is 19.0 Å². The molecule has 0 atom stereocenters. The average molecular weight is 556 g/mol. The summed E-state index contributed by atoms with van der Waals surface area (Å²) in [7, 11) is 0.383. The third kappa shape index (κ3) is 18.4. The van der Waals surface area contributed by atoms with E-state index in [0.29, 0.717) is 5.41 Å². The molecular formula is C33H73N3OSi. The molecule has 0 aliphatic carbocycles. The van der Waals surface area contributed by atoms with E-state index in [9.17, 15) is 0 Å². The van der Waals surface area contributed by atoms with Gasteiger partial charge in [-0.25, -0.2) is 0 Å². The minimum atomic E-state index is -1.58. The molecule has 4 nitrogen and oxygen atoms in total. The van der Waals surface area contributed by atoms with Gasteiger partial charge in [-0.3, -0.25) is 0 Å². The van der Waals surface area contributed by atoms with Gasteiger partial charge in [-0.05, 0) is 167 Å². The van der Waals surface area contributed by atoms with Crippen LogP contribution in [0.2, 0.25) is 19.1 Å². The van der Waals surface area contributed by atoms with Crippen molar-refractivity contribution in [1.82, 2.24) is 14.7 Å². The standard InChI is InChI=1S/C33H73N3OSi/c1-10-23-34(24-11-2)29-16-19-33(22-32-38(8,9)37-7,20-17-30-35(25-12-3)26-13-4)21-18-31-36(27-14-5)28-15-6/h10-32H2,1-9H3. The molecule has 0 fully saturated rings. The van der Waals surface area contributed by atoms with E-state index >= 15 is 0 Å². The first-order valence-corrected chi connectivity index (χ1v) is 20.1. The summed E-state index contributed by atoms with van der Waals surface area (Å²) in [5.41, 5.74) is 0.473. The second kappa shape index (κ2) is 23.7. The SMILES string of the molecule is CCCN(CCC)CCCC(CCCN(CCC)CCC)(CCCN(CCC)CCC)CC[Si](C)(C)OC. The summed E-state index contributed by atoms with van der Waals surface area (Å²) in [6.45, 7) is 30.3. The van der Waals surface area contributed by atoms with Crippen molar-refractivity contribution in [3.8, 4) is 0 Å². The Kier molecular flexibility index (Phi) is 23.8. The van der Waals surface area contributed by atoms with Crippen molar-refractivity contribution in [2.75, 3.05) is 66.0 Å². The Bertz CT molecular complexity index is 443. The molecule has 0 heterocycles. The van der Waals surface area contributed by atoms with Crippen molar-refractivity contribution in [3.63, 3.8) is 0 Å². The fourth-order valence-corrected chi connectivity index (χ4v) is 7.69. The Labute approximate surface area is 242 Å². The van der Waals surface area contributed by atoms with E-state index in [0.717, 1.165) is 0 Å². The quantitative estimate of drug-likeness (QED) is 0.0897. The average Bonchev–Trinajstić information content (AvgIpc) is 2.88. The van der Waals surface area contributed by atoms with Gasteiger partial charge in [0.1, 0.15) is 0 Å². The molecule has 0 N–H and O–H groups in total. The Morgan fingerprint density at radius 1 is 0.474 bits per heavy atom. The minimum Gasteiger partial charge on any atom is -0.420 e. The van der Waals surface area contributed by atoms with Gasteiger partial charge >= 0.3 is 0 Å². The van der Waals surface area contributed by atoms with Gasteiger partial charge in [-0.15, -0.1) is 0 Å². The minimum absolute atomic E-state index is 0.473. The van der Waals surface area contributed by atoms with Crippen LogP contribution in [0, 0.1) is 5.41 Å². The molecule has 0 saturated heterocycles. The number of hydrogen-bond acceptors (Lipinski definition) is 4. The zero-order valence-corrected chi connectivity index (χ0v) is 29.0. The molecule has 5 heteroatoms. The Morgan fingerprint density at radius 2 is 0.763 bits per heavy atom. The molecule has 230 valence electrons. The molecule has 0 bridgehead atoms. The summed E-state index contributed by atoms with van der Waals surface area (Å²) >= 11 is 0. The van der Waals surface area contributed by atoms with Crippen LogP contribution in [0.1, 0.15) is 125 Å². The number of rotatable bonds is 28. The first kappa shape index (κ1) is 38.1. The smallest absolute Gasteiger partial charge is 0.186 e. The summed E-state index contributed by atoms with van der Waals surface area (Å²) in [6.07, 6.45) is 17.3. The Balaban J connectivity index is 5.66.